The molecule has 0 aromatic carbocycles. The van der Waals surface area contributed by atoms with E-state index >= 15 is 0 Å². The predicted molar refractivity (Wildman–Crippen MR) is 60.1 cm³/mol. The highest BCUT2D eigenvalue weighted by atomic mass is 15.3. The van der Waals surface area contributed by atoms with Gasteiger partial charge >= 0.3 is 0 Å². The highest BCUT2D eigenvalue weighted by molar-refractivity contribution is 4.80. The van der Waals surface area contributed by atoms with Crippen LogP contribution in [-0.2, 0) is 0 Å². The van der Waals surface area contributed by atoms with Crippen molar-refractivity contribution in [1.82, 2.24) is 9.80 Å². The van der Waals surface area contributed by atoms with E-state index in [2.05, 4.69) is 37.7 Å². The van der Waals surface area contributed by atoms with Crippen LogP contribution in [0.5, 0.6) is 0 Å². The van der Waals surface area contributed by atoms with Crippen LogP contribution >= 0.6 is 0 Å². The van der Waals surface area contributed by atoms with Crippen LogP contribution in [0.1, 0.15) is 27.7 Å². The maximum absolute atomic E-state index is 2.48. The molecule has 2 heteroatoms. The minimum absolute atomic E-state index is 0.758. The summed E-state index contributed by atoms with van der Waals surface area (Å²) in [6, 6.07) is 0.758. The Morgan fingerprint density at radius 1 is 1.08 bits per heavy atom. The average molecular weight is 186 g/mol. The average Bonchev–Trinajstić information content (AvgIpc) is 2.12. The molecule has 0 amide bonds. The van der Waals surface area contributed by atoms with Crippen LogP contribution in [0.15, 0.2) is 0 Å². The van der Waals surface area contributed by atoms with Gasteiger partial charge in [0.05, 0.1) is 0 Å². The lowest BCUT2D eigenvalue weighted by Gasteiger charge is -2.39. The Hall–Kier alpha value is -0.0800. The molecule has 0 aliphatic carbocycles. The molecule has 1 rings (SSSR count). The van der Waals surface area contributed by atoms with Gasteiger partial charge in [0.2, 0.25) is 0 Å². The smallest absolute Gasteiger partial charge is 0.0243 e. The fourth-order valence-corrected chi connectivity index (χ4v) is 1.76. The number of nitrogens with zero attached hydrogens (tertiary/aromatic N) is 2. The van der Waals surface area contributed by atoms with Crippen LogP contribution in [0.4, 0.5) is 0 Å². The molecule has 1 aliphatic rings. The summed E-state index contributed by atoms with van der Waals surface area (Å²) < 4.78 is 0. The second kappa shape index (κ2) is 6.39. The highest BCUT2D eigenvalue weighted by Crippen LogP contribution is 2.13. The molecule has 1 unspecified atom stereocenters. The molecule has 0 aromatic heterocycles. The van der Waals surface area contributed by atoms with Crippen molar-refractivity contribution in [2.45, 2.75) is 33.7 Å². The van der Waals surface area contributed by atoms with Gasteiger partial charge in [0.15, 0.2) is 0 Å². The van der Waals surface area contributed by atoms with Crippen molar-refractivity contribution in [1.29, 1.82) is 0 Å². The van der Waals surface area contributed by atoms with Crippen molar-refractivity contribution in [3.63, 3.8) is 0 Å². The Bertz CT molecular complexity index is 123. The van der Waals surface area contributed by atoms with Crippen LogP contribution in [0.25, 0.3) is 0 Å². The fraction of sp³-hybridized carbons (Fsp3) is 1.00. The van der Waals surface area contributed by atoms with Gasteiger partial charge in [-0.1, -0.05) is 27.7 Å². The van der Waals surface area contributed by atoms with E-state index in [1.165, 1.54) is 19.6 Å². The van der Waals surface area contributed by atoms with Crippen LogP contribution in [0, 0.1) is 5.92 Å². The van der Waals surface area contributed by atoms with Crippen molar-refractivity contribution >= 4 is 0 Å². The van der Waals surface area contributed by atoms with Gasteiger partial charge in [-0.15, -0.1) is 0 Å². The molecule has 1 saturated heterocycles. The van der Waals surface area contributed by atoms with Crippen molar-refractivity contribution in [3.05, 3.63) is 0 Å². The second-order valence-corrected chi connectivity index (χ2v) is 4.05. The summed E-state index contributed by atoms with van der Waals surface area (Å²) in [6.45, 7) is 12.3. The van der Waals surface area contributed by atoms with Crippen molar-refractivity contribution in [2.75, 3.05) is 33.7 Å². The van der Waals surface area contributed by atoms with E-state index in [1.807, 2.05) is 13.8 Å². The third-order valence-electron chi connectivity index (χ3n) is 2.67. The van der Waals surface area contributed by atoms with Gasteiger partial charge in [0.25, 0.3) is 0 Å². The summed E-state index contributed by atoms with van der Waals surface area (Å²) in [6.07, 6.45) is 0. The van der Waals surface area contributed by atoms with E-state index in [-0.39, 0.29) is 0 Å². The summed E-state index contributed by atoms with van der Waals surface area (Å²) in [5.41, 5.74) is 0. The maximum atomic E-state index is 2.48. The monoisotopic (exact) mass is 186 g/mol. The fourth-order valence-electron chi connectivity index (χ4n) is 1.76. The van der Waals surface area contributed by atoms with Gasteiger partial charge in [-0.2, -0.15) is 0 Å². The molecule has 0 spiro atoms. The zero-order valence-corrected chi connectivity index (χ0v) is 10.2. The van der Waals surface area contributed by atoms with Crippen molar-refractivity contribution < 1.29 is 0 Å². The molecule has 0 radical (unpaired) electrons. The molecule has 1 fully saturated rings. The summed E-state index contributed by atoms with van der Waals surface area (Å²) >= 11 is 0. The number of rotatable bonds is 1. The molecule has 0 saturated carbocycles. The van der Waals surface area contributed by atoms with Gasteiger partial charge < -0.3 is 9.80 Å². The van der Waals surface area contributed by atoms with E-state index in [4.69, 9.17) is 0 Å². The Labute approximate surface area is 83.9 Å². The predicted octanol–water partition coefficient (Wildman–Crippen LogP) is 1.91. The third kappa shape index (κ3) is 4.10. The van der Waals surface area contributed by atoms with Crippen LogP contribution < -0.4 is 0 Å². The summed E-state index contributed by atoms with van der Waals surface area (Å²) in [5.74, 6) is 0.780. The molecule has 0 bridgehead atoms. The molecule has 1 atom stereocenters. The lowest BCUT2D eigenvalue weighted by molar-refractivity contribution is 0.0857. The normalized spacial score (nSPS) is 25.6. The molecule has 80 valence electrons. The second-order valence-electron chi connectivity index (χ2n) is 4.05. The Balaban J connectivity index is 0.000000671. The van der Waals surface area contributed by atoms with Crippen molar-refractivity contribution in [2.24, 2.45) is 5.92 Å². The first-order valence-corrected chi connectivity index (χ1v) is 5.50. The number of piperazine rings is 1. The molecule has 2 nitrogen and oxygen atoms in total. The minimum atomic E-state index is 0.758. The van der Waals surface area contributed by atoms with E-state index < -0.39 is 0 Å². The van der Waals surface area contributed by atoms with Crippen LogP contribution in [-0.4, -0.2) is 49.6 Å². The number of likely N-dealkylation sites (N-methyl/N-ethyl adjacent to an activating group) is 2. The standard InChI is InChI=1S/C9H20N2.C2H6/c1-8(2)9-7-10(3)5-6-11(9)4;1-2/h8-9H,5-7H2,1-4H3;1-2H3. The Morgan fingerprint density at radius 3 is 2.00 bits per heavy atom. The quantitative estimate of drug-likeness (QED) is 0.617. The zero-order valence-electron chi connectivity index (χ0n) is 10.2. The number of hydrogen-bond donors (Lipinski definition) is 0. The van der Waals surface area contributed by atoms with E-state index in [1.54, 1.807) is 0 Å². The zero-order chi connectivity index (χ0) is 10.4. The van der Waals surface area contributed by atoms with Crippen LogP contribution in [0.3, 0.4) is 0 Å². The summed E-state index contributed by atoms with van der Waals surface area (Å²) in [7, 11) is 4.44. The molecule has 1 aliphatic heterocycles. The molecule has 1 heterocycles. The SMILES string of the molecule is CC.CC(C)C1CN(C)CCN1C. The minimum Gasteiger partial charge on any atom is -0.304 e. The Kier molecular flexibility index (Phi) is 6.35. The topological polar surface area (TPSA) is 6.48 Å². The highest BCUT2D eigenvalue weighted by Gasteiger charge is 2.24. The third-order valence-corrected chi connectivity index (χ3v) is 2.67. The molecule has 0 aromatic rings. The first kappa shape index (κ1) is 12.9. The van der Waals surface area contributed by atoms with E-state index in [0.29, 0.717) is 0 Å². The van der Waals surface area contributed by atoms with Gasteiger partial charge in [-0.05, 0) is 20.0 Å². The summed E-state index contributed by atoms with van der Waals surface area (Å²) in [4.78, 5) is 4.90. The lowest BCUT2D eigenvalue weighted by Crippen LogP contribution is -2.52. The lowest BCUT2D eigenvalue weighted by atomic mass is 10.0. The van der Waals surface area contributed by atoms with Gasteiger partial charge in [0, 0.05) is 25.7 Å². The van der Waals surface area contributed by atoms with E-state index in [0.717, 1.165) is 12.0 Å². The van der Waals surface area contributed by atoms with Gasteiger partial charge in [0.1, 0.15) is 0 Å². The molecule has 0 N–H and O–H groups in total. The molecular weight excluding hydrogens is 160 g/mol. The number of hydrogen-bond acceptors (Lipinski definition) is 2. The Morgan fingerprint density at radius 2 is 1.62 bits per heavy atom. The van der Waals surface area contributed by atoms with Gasteiger partial charge in [-0.25, -0.2) is 0 Å². The largest absolute Gasteiger partial charge is 0.304 e. The van der Waals surface area contributed by atoms with Crippen molar-refractivity contribution in [3.8, 4) is 0 Å². The first-order valence-electron chi connectivity index (χ1n) is 5.50. The van der Waals surface area contributed by atoms with E-state index in [9.17, 15) is 0 Å². The van der Waals surface area contributed by atoms with Gasteiger partial charge in [-0.3, -0.25) is 0 Å². The summed E-state index contributed by atoms with van der Waals surface area (Å²) in [5, 5.41) is 0. The van der Waals surface area contributed by atoms with Crippen LogP contribution in [0.2, 0.25) is 0 Å². The molecular formula is C11H26N2. The molecule has 13 heavy (non-hydrogen) atoms. The maximum Gasteiger partial charge on any atom is 0.0243 e. The first-order chi connectivity index (χ1) is 6.11.